The first-order valence-corrected chi connectivity index (χ1v) is 6.44. The third kappa shape index (κ3) is 2.91. The Labute approximate surface area is 112 Å². The van der Waals surface area contributed by atoms with Crippen molar-refractivity contribution in [3.8, 4) is 0 Å². The molecular formula is C12H19ClN4O. The summed E-state index contributed by atoms with van der Waals surface area (Å²) in [6.45, 7) is 8.11. The van der Waals surface area contributed by atoms with Gasteiger partial charge >= 0.3 is 0 Å². The Morgan fingerprint density at radius 3 is 2.83 bits per heavy atom. The number of nitrogens with zero attached hydrogens (tertiary/aromatic N) is 3. The fraction of sp³-hybridized carbons (Fsp3) is 0.667. The van der Waals surface area contributed by atoms with Crippen molar-refractivity contribution in [2.75, 3.05) is 24.7 Å². The molecule has 0 aliphatic carbocycles. The molecule has 18 heavy (non-hydrogen) atoms. The molecule has 1 aromatic rings. The van der Waals surface area contributed by atoms with Gasteiger partial charge in [-0.15, -0.1) is 0 Å². The van der Waals surface area contributed by atoms with Crippen molar-refractivity contribution in [3.63, 3.8) is 0 Å². The Balaban J connectivity index is 2.35. The Kier molecular flexibility index (Phi) is 3.75. The maximum atomic E-state index is 6.07. The van der Waals surface area contributed by atoms with E-state index in [1.54, 1.807) is 0 Å². The molecule has 0 radical (unpaired) electrons. The minimum atomic E-state index is -0.531. The molecule has 0 saturated carbocycles. The maximum Gasteiger partial charge on any atom is 0.224 e. The molecule has 2 N–H and O–H groups in total. The van der Waals surface area contributed by atoms with E-state index >= 15 is 0 Å². The van der Waals surface area contributed by atoms with Crippen molar-refractivity contribution in [1.29, 1.82) is 0 Å². The van der Waals surface area contributed by atoms with Crippen LogP contribution in [0.25, 0.3) is 0 Å². The third-order valence-corrected chi connectivity index (χ3v) is 3.18. The summed E-state index contributed by atoms with van der Waals surface area (Å²) < 4.78 is 5.42. The molecule has 6 heteroatoms. The van der Waals surface area contributed by atoms with Gasteiger partial charge in [0.15, 0.2) is 0 Å². The second kappa shape index (κ2) is 4.99. The van der Waals surface area contributed by atoms with E-state index in [9.17, 15) is 0 Å². The van der Waals surface area contributed by atoms with Gasteiger partial charge in [-0.05, 0) is 32.4 Å². The van der Waals surface area contributed by atoms with Crippen LogP contribution in [0.15, 0.2) is 6.07 Å². The molecule has 1 atom stereocenters. The van der Waals surface area contributed by atoms with Crippen LogP contribution in [0.2, 0.25) is 5.28 Å². The second-order valence-corrected chi connectivity index (χ2v) is 5.56. The van der Waals surface area contributed by atoms with Gasteiger partial charge in [0.2, 0.25) is 5.28 Å². The molecule has 100 valence electrons. The normalized spacial score (nSPS) is 21.2. The van der Waals surface area contributed by atoms with Crippen molar-refractivity contribution >= 4 is 17.4 Å². The van der Waals surface area contributed by atoms with Crippen LogP contribution in [0, 0.1) is 0 Å². The number of hydrogen-bond acceptors (Lipinski definition) is 5. The van der Waals surface area contributed by atoms with Gasteiger partial charge in [0.1, 0.15) is 5.82 Å². The largest absolute Gasteiger partial charge is 0.377 e. The summed E-state index contributed by atoms with van der Waals surface area (Å²) in [4.78, 5) is 10.7. The summed E-state index contributed by atoms with van der Waals surface area (Å²) >= 11 is 5.99. The number of aromatic nitrogens is 2. The van der Waals surface area contributed by atoms with Crippen LogP contribution in [-0.4, -0.2) is 35.8 Å². The molecule has 2 heterocycles. The molecule has 5 nitrogen and oxygen atoms in total. The summed E-state index contributed by atoms with van der Waals surface area (Å²) in [6.07, 6.45) is 0. The Morgan fingerprint density at radius 2 is 2.22 bits per heavy atom. The predicted molar refractivity (Wildman–Crippen MR) is 71.9 cm³/mol. The summed E-state index contributed by atoms with van der Waals surface area (Å²) in [5.41, 5.74) is 6.28. The van der Waals surface area contributed by atoms with Crippen molar-refractivity contribution < 1.29 is 4.74 Å². The SMILES string of the molecule is C[C@@H]1COCCN1c1cc(C(C)(C)N)nc(Cl)n1. The highest BCUT2D eigenvalue weighted by molar-refractivity contribution is 6.28. The van der Waals surface area contributed by atoms with Crippen LogP contribution in [0.4, 0.5) is 5.82 Å². The van der Waals surface area contributed by atoms with Crippen molar-refractivity contribution in [2.45, 2.75) is 32.4 Å². The van der Waals surface area contributed by atoms with E-state index in [-0.39, 0.29) is 11.3 Å². The van der Waals surface area contributed by atoms with Gasteiger partial charge in [0.05, 0.1) is 30.5 Å². The molecule has 1 fully saturated rings. The maximum absolute atomic E-state index is 6.07. The molecule has 0 amide bonds. The molecule has 0 bridgehead atoms. The van der Waals surface area contributed by atoms with Gasteiger partial charge in [-0.3, -0.25) is 0 Å². The minimum absolute atomic E-state index is 0.236. The molecule has 0 aromatic carbocycles. The fourth-order valence-electron chi connectivity index (χ4n) is 1.95. The summed E-state index contributed by atoms with van der Waals surface area (Å²) in [6, 6.07) is 2.19. The van der Waals surface area contributed by atoms with Crippen LogP contribution in [0.3, 0.4) is 0 Å². The number of nitrogens with two attached hydrogens (primary N) is 1. The van der Waals surface area contributed by atoms with E-state index in [4.69, 9.17) is 22.1 Å². The third-order valence-electron chi connectivity index (χ3n) is 3.01. The van der Waals surface area contributed by atoms with Crippen LogP contribution in [0.1, 0.15) is 26.5 Å². The highest BCUT2D eigenvalue weighted by Crippen LogP contribution is 2.24. The lowest BCUT2D eigenvalue weighted by Gasteiger charge is -2.34. The smallest absolute Gasteiger partial charge is 0.224 e. The number of rotatable bonds is 2. The van der Waals surface area contributed by atoms with Crippen LogP contribution in [-0.2, 0) is 10.3 Å². The Hall–Kier alpha value is -0.910. The quantitative estimate of drug-likeness (QED) is 0.826. The number of anilines is 1. The second-order valence-electron chi connectivity index (χ2n) is 5.22. The molecule has 1 aromatic heterocycles. The van der Waals surface area contributed by atoms with E-state index in [1.807, 2.05) is 19.9 Å². The van der Waals surface area contributed by atoms with E-state index in [0.717, 1.165) is 18.1 Å². The highest BCUT2D eigenvalue weighted by atomic mass is 35.5. The first-order chi connectivity index (χ1) is 8.38. The van der Waals surface area contributed by atoms with Crippen LogP contribution in [0.5, 0.6) is 0 Å². The monoisotopic (exact) mass is 270 g/mol. The molecule has 0 spiro atoms. The van der Waals surface area contributed by atoms with Gasteiger partial charge in [0, 0.05) is 12.6 Å². The molecule has 1 saturated heterocycles. The van der Waals surface area contributed by atoms with Gasteiger partial charge in [-0.1, -0.05) is 0 Å². The molecular weight excluding hydrogens is 252 g/mol. The topological polar surface area (TPSA) is 64.3 Å². The number of halogens is 1. The average molecular weight is 271 g/mol. The number of hydrogen-bond donors (Lipinski definition) is 1. The summed E-state index contributed by atoms with van der Waals surface area (Å²) in [5, 5.41) is 0.236. The molecule has 1 aliphatic heterocycles. The lowest BCUT2D eigenvalue weighted by molar-refractivity contribution is 0.0985. The van der Waals surface area contributed by atoms with Crippen molar-refractivity contribution in [3.05, 3.63) is 17.0 Å². The molecule has 0 unspecified atom stereocenters. The summed E-state index contributed by atoms with van der Waals surface area (Å²) in [7, 11) is 0. The first-order valence-electron chi connectivity index (χ1n) is 6.06. The number of ether oxygens (including phenoxy) is 1. The van der Waals surface area contributed by atoms with Gasteiger partial charge in [0.25, 0.3) is 0 Å². The zero-order chi connectivity index (χ0) is 13.3. The average Bonchev–Trinajstić information content (AvgIpc) is 2.27. The zero-order valence-electron chi connectivity index (χ0n) is 11.0. The Bertz CT molecular complexity index is 433. The zero-order valence-corrected chi connectivity index (χ0v) is 11.7. The molecule has 2 rings (SSSR count). The standard InChI is InChI=1S/C12H19ClN4O/c1-8-7-18-5-4-17(8)10-6-9(12(2,3)14)15-11(13)16-10/h6,8H,4-5,7,14H2,1-3H3/t8-/m1/s1. The number of morpholine rings is 1. The van der Waals surface area contributed by atoms with Gasteiger partial charge in [-0.25, -0.2) is 9.97 Å². The summed E-state index contributed by atoms with van der Waals surface area (Å²) in [5.74, 6) is 0.819. The Morgan fingerprint density at radius 1 is 1.50 bits per heavy atom. The predicted octanol–water partition coefficient (Wildman–Crippen LogP) is 1.55. The van der Waals surface area contributed by atoms with E-state index in [2.05, 4.69) is 21.8 Å². The minimum Gasteiger partial charge on any atom is -0.377 e. The highest BCUT2D eigenvalue weighted by Gasteiger charge is 2.24. The van der Waals surface area contributed by atoms with E-state index in [0.29, 0.717) is 13.2 Å². The lowest BCUT2D eigenvalue weighted by Crippen LogP contribution is -2.44. The van der Waals surface area contributed by atoms with Gasteiger partial charge in [-0.2, -0.15) is 0 Å². The van der Waals surface area contributed by atoms with Crippen molar-refractivity contribution in [1.82, 2.24) is 9.97 Å². The van der Waals surface area contributed by atoms with Crippen molar-refractivity contribution in [2.24, 2.45) is 5.73 Å². The van der Waals surface area contributed by atoms with Gasteiger partial charge < -0.3 is 15.4 Å². The fourth-order valence-corrected chi connectivity index (χ4v) is 2.13. The van der Waals surface area contributed by atoms with Crippen LogP contribution >= 0.6 is 11.6 Å². The molecule has 1 aliphatic rings. The first kappa shape index (κ1) is 13.5. The van der Waals surface area contributed by atoms with Crippen LogP contribution < -0.4 is 10.6 Å². The van der Waals surface area contributed by atoms with E-state index in [1.165, 1.54) is 0 Å². The lowest BCUT2D eigenvalue weighted by atomic mass is 10.0. The van der Waals surface area contributed by atoms with E-state index < -0.39 is 5.54 Å².